The van der Waals surface area contributed by atoms with Crippen molar-refractivity contribution in [2.75, 3.05) is 0 Å². The molecule has 0 saturated carbocycles. The summed E-state index contributed by atoms with van der Waals surface area (Å²) in [4.78, 5) is 12.6. The van der Waals surface area contributed by atoms with Crippen molar-refractivity contribution in [2.45, 2.75) is 19.5 Å². The van der Waals surface area contributed by atoms with Gasteiger partial charge >= 0.3 is 6.18 Å². The molecule has 2 aromatic rings. The molecule has 0 atom stereocenters. The van der Waals surface area contributed by atoms with Crippen molar-refractivity contribution in [1.29, 1.82) is 0 Å². The summed E-state index contributed by atoms with van der Waals surface area (Å²) in [5.74, 6) is -0.146. The number of carbonyl (C=O) groups is 1. The average Bonchev–Trinajstić information content (AvgIpc) is 2.75. The van der Waals surface area contributed by atoms with Crippen molar-refractivity contribution in [3.05, 3.63) is 57.3 Å². The lowest BCUT2D eigenvalue weighted by Gasteiger charge is -2.08. The molecule has 1 aromatic carbocycles. The molecule has 100 valence electrons. The zero-order valence-electron chi connectivity index (χ0n) is 10.1. The quantitative estimate of drug-likeness (QED) is 0.758. The van der Waals surface area contributed by atoms with Crippen molar-refractivity contribution < 1.29 is 18.0 Å². The Kier molecular flexibility index (Phi) is 3.75. The minimum Gasteiger partial charge on any atom is -0.293 e. The number of thiophene rings is 1. The van der Waals surface area contributed by atoms with E-state index in [-0.39, 0.29) is 12.2 Å². The molecule has 0 unspecified atom stereocenters. The van der Waals surface area contributed by atoms with Crippen molar-refractivity contribution >= 4 is 17.1 Å². The van der Waals surface area contributed by atoms with Crippen LogP contribution in [0.15, 0.2) is 35.7 Å². The van der Waals surface area contributed by atoms with Crippen LogP contribution in [0.1, 0.15) is 26.4 Å². The third-order valence-electron chi connectivity index (χ3n) is 2.73. The first-order chi connectivity index (χ1) is 8.88. The molecule has 0 fully saturated rings. The highest BCUT2D eigenvalue weighted by Gasteiger charge is 2.30. The van der Waals surface area contributed by atoms with Crippen LogP contribution in [-0.4, -0.2) is 5.78 Å². The number of alkyl halides is 3. The molecule has 1 aromatic heterocycles. The Hall–Kier alpha value is -1.62. The van der Waals surface area contributed by atoms with Gasteiger partial charge in [-0.25, -0.2) is 0 Å². The first-order valence-corrected chi connectivity index (χ1v) is 6.49. The van der Waals surface area contributed by atoms with Gasteiger partial charge in [-0.05, 0) is 35.6 Å². The van der Waals surface area contributed by atoms with E-state index in [1.54, 1.807) is 5.38 Å². The highest BCUT2D eigenvalue weighted by Crippen LogP contribution is 2.30. The molecule has 0 radical (unpaired) electrons. The summed E-state index contributed by atoms with van der Waals surface area (Å²) >= 11 is 1.31. The first kappa shape index (κ1) is 13.8. The maximum absolute atomic E-state index is 12.6. The fourth-order valence-corrected chi connectivity index (χ4v) is 2.65. The summed E-state index contributed by atoms with van der Waals surface area (Å²) in [5.41, 5.74) is 0.523. The van der Waals surface area contributed by atoms with Crippen LogP contribution in [-0.2, 0) is 12.6 Å². The Morgan fingerprint density at radius 1 is 1.26 bits per heavy atom. The maximum atomic E-state index is 12.6. The van der Waals surface area contributed by atoms with Gasteiger partial charge in [-0.2, -0.15) is 13.2 Å². The largest absolute Gasteiger partial charge is 0.416 e. The van der Waals surface area contributed by atoms with E-state index in [1.807, 2.05) is 13.0 Å². The van der Waals surface area contributed by atoms with Gasteiger partial charge in [0.05, 0.1) is 10.4 Å². The van der Waals surface area contributed by atoms with Gasteiger partial charge in [-0.1, -0.05) is 18.2 Å². The second-order valence-electron chi connectivity index (χ2n) is 4.23. The normalized spacial score (nSPS) is 11.6. The molecule has 0 aliphatic rings. The number of Topliss-reactive ketones (excluding diaryl/α,β-unsaturated/α-hetero) is 1. The molecule has 19 heavy (non-hydrogen) atoms. The predicted octanol–water partition coefficient (Wildman–Crippen LogP) is 4.50. The van der Waals surface area contributed by atoms with Gasteiger partial charge in [-0.15, -0.1) is 11.3 Å². The fraction of sp³-hybridized carbons (Fsp3) is 0.214. The highest BCUT2D eigenvalue weighted by atomic mass is 32.1. The van der Waals surface area contributed by atoms with E-state index in [9.17, 15) is 18.0 Å². The highest BCUT2D eigenvalue weighted by molar-refractivity contribution is 7.12. The number of halogens is 3. The van der Waals surface area contributed by atoms with E-state index in [0.29, 0.717) is 10.4 Å². The van der Waals surface area contributed by atoms with Gasteiger partial charge in [-0.3, -0.25) is 4.79 Å². The smallest absolute Gasteiger partial charge is 0.293 e. The summed E-state index contributed by atoms with van der Waals surface area (Å²) in [6.45, 7) is 1.82. The molecule has 0 N–H and O–H groups in total. The molecule has 1 heterocycles. The Labute approximate surface area is 112 Å². The van der Waals surface area contributed by atoms with Crippen LogP contribution in [0.25, 0.3) is 0 Å². The number of carbonyl (C=O) groups excluding carboxylic acids is 1. The molecule has 0 saturated heterocycles. The molecule has 0 aliphatic heterocycles. The molecule has 2 rings (SSSR count). The topological polar surface area (TPSA) is 17.1 Å². The van der Waals surface area contributed by atoms with Crippen LogP contribution in [0, 0.1) is 6.92 Å². The minimum absolute atomic E-state index is 0.00866. The van der Waals surface area contributed by atoms with Crippen molar-refractivity contribution in [2.24, 2.45) is 0 Å². The van der Waals surface area contributed by atoms with Crippen LogP contribution in [0.2, 0.25) is 0 Å². The average molecular weight is 284 g/mol. The Balaban J connectivity index is 2.21. The monoisotopic (exact) mass is 284 g/mol. The second-order valence-corrected chi connectivity index (χ2v) is 5.15. The summed E-state index contributed by atoms with van der Waals surface area (Å²) in [5, 5.41) is 1.80. The van der Waals surface area contributed by atoms with Crippen LogP contribution in [0.3, 0.4) is 0 Å². The van der Waals surface area contributed by atoms with Crippen LogP contribution in [0.5, 0.6) is 0 Å². The minimum atomic E-state index is -4.38. The van der Waals surface area contributed by atoms with E-state index in [2.05, 4.69) is 0 Å². The van der Waals surface area contributed by atoms with E-state index in [1.165, 1.54) is 23.5 Å². The summed E-state index contributed by atoms with van der Waals surface area (Å²) in [6, 6.07) is 6.72. The van der Waals surface area contributed by atoms with E-state index in [4.69, 9.17) is 0 Å². The molecular weight excluding hydrogens is 273 g/mol. The second kappa shape index (κ2) is 5.17. The summed E-state index contributed by atoms with van der Waals surface area (Å²) < 4.78 is 37.7. The first-order valence-electron chi connectivity index (χ1n) is 5.61. The predicted molar refractivity (Wildman–Crippen MR) is 68.5 cm³/mol. The Morgan fingerprint density at radius 2 is 2.00 bits per heavy atom. The third kappa shape index (κ3) is 3.23. The Morgan fingerprint density at radius 3 is 2.58 bits per heavy atom. The van der Waals surface area contributed by atoms with Gasteiger partial charge in [0.1, 0.15) is 0 Å². The number of hydrogen-bond donors (Lipinski definition) is 0. The van der Waals surface area contributed by atoms with E-state index < -0.39 is 11.7 Å². The Bertz CT molecular complexity index is 599. The van der Waals surface area contributed by atoms with Crippen LogP contribution in [0.4, 0.5) is 13.2 Å². The molecular formula is C14H11F3OS. The molecule has 0 bridgehead atoms. The number of benzene rings is 1. The maximum Gasteiger partial charge on any atom is 0.416 e. The molecule has 1 nitrogen and oxygen atoms in total. The van der Waals surface area contributed by atoms with Crippen molar-refractivity contribution in [3.8, 4) is 0 Å². The van der Waals surface area contributed by atoms with Gasteiger partial charge in [0, 0.05) is 6.42 Å². The van der Waals surface area contributed by atoms with Gasteiger partial charge in [0.15, 0.2) is 5.78 Å². The van der Waals surface area contributed by atoms with Crippen LogP contribution < -0.4 is 0 Å². The summed E-state index contributed by atoms with van der Waals surface area (Å²) in [7, 11) is 0. The number of aryl methyl sites for hydroxylation is 1. The van der Waals surface area contributed by atoms with E-state index >= 15 is 0 Å². The lowest BCUT2D eigenvalue weighted by atomic mass is 10.0. The lowest BCUT2D eigenvalue weighted by Crippen LogP contribution is -2.07. The molecule has 0 spiro atoms. The fourth-order valence-electron chi connectivity index (χ4n) is 1.78. The number of ketones is 1. The van der Waals surface area contributed by atoms with Crippen molar-refractivity contribution in [1.82, 2.24) is 0 Å². The number of hydrogen-bond acceptors (Lipinski definition) is 2. The third-order valence-corrected chi connectivity index (χ3v) is 3.79. The number of rotatable bonds is 3. The van der Waals surface area contributed by atoms with Gasteiger partial charge in [0.2, 0.25) is 0 Å². The van der Waals surface area contributed by atoms with E-state index in [0.717, 1.165) is 17.7 Å². The zero-order chi connectivity index (χ0) is 14.0. The lowest BCUT2D eigenvalue weighted by molar-refractivity contribution is -0.137. The van der Waals surface area contributed by atoms with Crippen LogP contribution >= 0.6 is 11.3 Å². The molecule has 0 amide bonds. The summed E-state index contributed by atoms with van der Waals surface area (Å²) in [6.07, 6.45) is -4.39. The van der Waals surface area contributed by atoms with Gasteiger partial charge in [0.25, 0.3) is 0 Å². The zero-order valence-corrected chi connectivity index (χ0v) is 10.9. The standard InChI is InChI=1S/C14H11F3OS/c1-9-5-6-19-13(9)12(18)8-10-3-2-4-11(7-10)14(15,16)17/h2-7H,8H2,1H3. The molecule has 5 heteroatoms. The SMILES string of the molecule is Cc1ccsc1C(=O)Cc1cccc(C(F)(F)F)c1. The van der Waals surface area contributed by atoms with Gasteiger partial charge < -0.3 is 0 Å². The molecule has 0 aliphatic carbocycles. The van der Waals surface area contributed by atoms with Crippen molar-refractivity contribution in [3.63, 3.8) is 0 Å².